The van der Waals surface area contributed by atoms with Crippen LogP contribution in [0.1, 0.15) is 12.5 Å². The molecule has 2 N–H and O–H groups in total. The highest BCUT2D eigenvalue weighted by molar-refractivity contribution is 8.00. The third kappa shape index (κ3) is 4.81. The summed E-state index contributed by atoms with van der Waals surface area (Å²) < 4.78 is 5.14. The molecule has 4 aromatic rings. The van der Waals surface area contributed by atoms with Crippen molar-refractivity contribution in [2.24, 2.45) is 0 Å². The van der Waals surface area contributed by atoms with E-state index in [2.05, 4.69) is 15.3 Å². The molecule has 4 rings (SSSR count). The van der Waals surface area contributed by atoms with Gasteiger partial charge in [-0.2, -0.15) is 0 Å². The summed E-state index contributed by atoms with van der Waals surface area (Å²) in [5.74, 6) is 0.646. The number of amides is 1. The highest BCUT2D eigenvalue weighted by Gasteiger charge is 2.18. The first-order valence-corrected chi connectivity index (χ1v) is 11.5. The first kappa shape index (κ1) is 21.1. The van der Waals surface area contributed by atoms with Crippen LogP contribution in [-0.2, 0) is 11.3 Å². The molecule has 1 atom stereocenters. The molecule has 1 amide bonds. The van der Waals surface area contributed by atoms with Gasteiger partial charge in [0.15, 0.2) is 5.16 Å². The van der Waals surface area contributed by atoms with Crippen LogP contribution in [0.4, 0.5) is 0 Å². The van der Waals surface area contributed by atoms with Gasteiger partial charge >= 0.3 is 0 Å². The standard InChI is InChI=1S/C23H21N3O3S2/c1-14(20(27)24-12-15-8-10-17(29-2)11-9-15)31-23-25-21(28)19-18(13-30-22(19)26-23)16-6-4-3-5-7-16/h3-11,13-14H,12H2,1-2H3,(H,24,27)(H,25,26,28)/t14-/m0/s1. The SMILES string of the molecule is COc1ccc(CNC(=O)[C@H](C)Sc2nc3scc(-c4ccccc4)c3c(=O)[nH]2)cc1. The Morgan fingerprint density at radius 3 is 2.65 bits per heavy atom. The molecule has 0 fully saturated rings. The number of fused-ring (bicyclic) bond motifs is 1. The van der Waals surface area contributed by atoms with Gasteiger partial charge in [-0.1, -0.05) is 54.2 Å². The van der Waals surface area contributed by atoms with E-state index in [9.17, 15) is 9.59 Å². The first-order valence-electron chi connectivity index (χ1n) is 9.69. The number of ether oxygens (including phenoxy) is 1. The molecule has 2 heterocycles. The van der Waals surface area contributed by atoms with Crippen molar-refractivity contribution in [1.29, 1.82) is 0 Å². The number of nitrogens with one attached hydrogen (secondary N) is 2. The van der Waals surface area contributed by atoms with E-state index in [1.807, 2.05) is 60.0 Å². The topological polar surface area (TPSA) is 84.1 Å². The second kappa shape index (κ2) is 9.36. The number of thiophene rings is 1. The minimum Gasteiger partial charge on any atom is -0.497 e. The second-order valence-electron chi connectivity index (χ2n) is 6.89. The number of rotatable bonds is 7. The maximum Gasteiger partial charge on any atom is 0.260 e. The zero-order valence-corrected chi connectivity index (χ0v) is 18.7. The molecule has 0 aliphatic heterocycles. The number of aromatic nitrogens is 2. The van der Waals surface area contributed by atoms with Gasteiger partial charge in [-0.05, 0) is 30.2 Å². The molecule has 0 unspecified atom stereocenters. The predicted molar refractivity (Wildman–Crippen MR) is 126 cm³/mol. The molecule has 0 saturated heterocycles. The second-order valence-corrected chi connectivity index (χ2v) is 9.08. The molecule has 0 spiro atoms. The largest absolute Gasteiger partial charge is 0.497 e. The van der Waals surface area contributed by atoms with Crippen LogP contribution >= 0.6 is 23.1 Å². The van der Waals surface area contributed by atoms with Crippen LogP contribution in [0.3, 0.4) is 0 Å². The number of benzene rings is 2. The predicted octanol–water partition coefficient (Wildman–Crippen LogP) is 4.46. The van der Waals surface area contributed by atoms with Crippen molar-refractivity contribution in [3.05, 3.63) is 75.9 Å². The summed E-state index contributed by atoms with van der Waals surface area (Å²) >= 11 is 2.66. The van der Waals surface area contributed by atoms with Crippen LogP contribution in [0.5, 0.6) is 5.75 Å². The quantitative estimate of drug-likeness (QED) is 0.320. The van der Waals surface area contributed by atoms with Crippen LogP contribution in [0, 0.1) is 0 Å². The average molecular weight is 452 g/mol. The summed E-state index contributed by atoms with van der Waals surface area (Å²) in [7, 11) is 1.62. The lowest BCUT2D eigenvalue weighted by Crippen LogP contribution is -2.30. The molecule has 0 radical (unpaired) electrons. The van der Waals surface area contributed by atoms with Crippen molar-refractivity contribution in [3.8, 4) is 16.9 Å². The maximum atomic E-state index is 12.8. The van der Waals surface area contributed by atoms with Crippen molar-refractivity contribution in [2.45, 2.75) is 23.9 Å². The molecule has 2 aromatic carbocycles. The Hall–Kier alpha value is -3.10. The molecule has 0 aliphatic rings. The van der Waals surface area contributed by atoms with Gasteiger partial charge in [-0.25, -0.2) is 4.98 Å². The van der Waals surface area contributed by atoms with Gasteiger partial charge in [0.1, 0.15) is 10.6 Å². The fraction of sp³-hybridized carbons (Fsp3) is 0.174. The van der Waals surface area contributed by atoms with Crippen molar-refractivity contribution in [2.75, 3.05) is 7.11 Å². The van der Waals surface area contributed by atoms with Crippen molar-refractivity contribution in [3.63, 3.8) is 0 Å². The third-order valence-corrected chi connectivity index (χ3v) is 6.65. The Morgan fingerprint density at radius 1 is 1.19 bits per heavy atom. The Labute approximate surface area is 187 Å². The van der Waals surface area contributed by atoms with Gasteiger partial charge in [0.2, 0.25) is 5.91 Å². The molecule has 0 bridgehead atoms. The van der Waals surface area contributed by atoms with Crippen molar-refractivity contribution in [1.82, 2.24) is 15.3 Å². The van der Waals surface area contributed by atoms with E-state index in [4.69, 9.17) is 4.74 Å². The number of methoxy groups -OCH3 is 1. The van der Waals surface area contributed by atoms with Crippen LogP contribution in [0.25, 0.3) is 21.3 Å². The number of hydrogen-bond acceptors (Lipinski definition) is 6. The highest BCUT2D eigenvalue weighted by Crippen LogP contribution is 2.31. The van der Waals surface area contributed by atoms with Crippen LogP contribution in [0.15, 0.2) is 69.9 Å². The molecule has 0 aliphatic carbocycles. The van der Waals surface area contributed by atoms with Crippen molar-refractivity contribution >= 4 is 39.2 Å². The zero-order chi connectivity index (χ0) is 21.8. The highest BCUT2D eigenvalue weighted by atomic mass is 32.2. The summed E-state index contributed by atoms with van der Waals surface area (Å²) in [6.45, 7) is 2.21. The fourth-order valence-electron chi connectivity index (χ4n) is 3.11. The van der Waals surface area contributed by atoms with Gasteiger partial charge in [-0.15, -0.1) is 11.3 Å². The number of hydrogen-bond donors (Lipinski definition) is 2. The fourth-order valence-corrected chi connectivity index (χ4v) is 4.94. The Kier molecular flexibility index (Phi) is 6.39. The van der Waals surface area contributed by atoms with E-state index in [0.717, 1.165) is 22.4 Å². The maximum absolute atomic E-state index is 12.8. The summed E-state index contributed by atoms with van der Waals surface area (Å²) in [6, 6.07) is 17.3. The molecule has 158 valence electrons. The normalized spacial score (nSPS) is 11.9. The lowest BCUT2D eigenvalue weighted by molar-refractivity contribution is -0.120. The minimum atomic E-state index is -0.410. The molecule has 8 heteroatoms. The van der Waals surface area contributed by atoms with Gasteiger partial charge in [-0.3, -0.25) is 9.59 Å². The van der Waals surface area contributed by atoms with Crippen LogP contribution in [0.2, 0.25) is 0 Å². The molecule has 2 aromatic heterocycles. The Balaban J connectivity index is 1.45. The number of carbonyl (C=O) groups is 1. The number of thioether (sulfide) groups is 1. The van der Waals surface area contributed by atoms with E-state index in [0.29, 0.717) is 21.9 Å². The minimum absolute atomic E-state index is 0.125. The molecular weight excluding hydrogens is 430 g/mol. The number of aromatic amines is 1. The van der Waals surface area contributed by atoms with Crippen LogP contribution in [-0.4, -0.2) is 28.2 Å². The molecule has 6 nitrogen and oxygen atoms in total. The zero-order valence-electron chi connectivity index (χ0n) is 17.0. The summed E-state index contributed by atoms with van der Waals surface area (Å²) in [5.41, 5.74) is 2.63. The third-order valence-electron chi connectivity index (χ3n) is 4.79. The van der Waals surface area contributed by atoms with E-state index in [1.54, 1.807) is 14.0 Å². The van der Waals surface area contributed by atoms with Gasteiger partial charge in [0.25, 0.3) is 5.56 Å². The summed E-state index contributed by atoms with van der Waals surface area (Å²) in [4.78, 5) is 33.3. The van der Waals surface area contributed by atoms with Gasteiger partial charge < -0.3 is 15.0 Å². The van der Waals surface area contributed by atoms with E-state index >= 15 is 0 Å². The van der Waals surface area contributed by atoms with E-state index < -0.39 is 5.25 Å². The number of H-pyrrole nitrogens is 1. The first-order chi connectivity index (χ1) is 15.0. The summed E-state index contributed by atoms with van der Waals surface area (Å²) in [6.07, 6.45) is 0. The average Bonchev–Trinajstić information content (AvgIpc) is 3.23. The Bertz CT molecular complexity index is 1250. The number of carbonyl (C=O) groups excluding carboxylic acids is 1. The number of nitrogens with zero attached hydrogens (tertiary/aromatic N) is 1. The van der Waals surface area contributed by atoms with Crippen molar-refractivity contribution < 1.29 is 9.53 Å². The monoisotopic (exact) mass is 451 g/mol. The lowest BCUT2D eigenvalue weighted by atomic mass is 10.1. The van der Waals surface area contributed by atoms with Crippen LogP contribution < -0.4 is 15.6 Å². The van der Waals surface area contributed by atoms with E-state index in [1.165, 1.54) is 23.1 Å². The molecule has 31 heavy (non-hydrogen) atoms. The summed E-state index contributed by atoms with van der Waals surface area (Å²) in [5, 5.41) is 5.47. The Morgan fingerprint density at radius 2 is 1.94 bits per heavy atom. The molecular formula is C23H21N3O3S2. The van der Waals surface area contributed by atoms with Gasteiger partial charge in [0.05, 0.1) is 17.7 Å². The van der Waals surface area contributed by atoms with Gasteiger partial charge in [0, 0.05) is 17.5 Å². The lowest BCUT2D eigenvalue weighted by Gasteiger charge is -2.12. The van der Waals surface area contributed by atoms with E-state index in [-0.39, 0.29) is 11.5 Å². The smallest absolute Gasteiger partial charge is 0.260 e. The molecule has 0 saturated carbocycles.